The van der Waals surface area contributed by atoms with Crippen LogP contribution >= 0.6 is 0 Å². The lowest BCUT2D eigenvalue weighted by Crippen LogP contribution is -2.05. The predicted octanol–water partition coefficient (Wildman–Crippen LogP) is 4.10. The minimum Gasteiger partial charge on any atom is -0.491 e. The molecule has 0 spiro atoms. The Morgan fingerprint density at radius 3 is 2.19 bits per heavy atom. The minimum absolute atomic E-state index is 0.173. The van der Waals surface area contributed by atoms with Crippen molar-refractivity contribution in [2.75, 3.05) is 12.4 Å². The van der Waals surface area contributed by atoms with E-state index in [0.717, 1.165) is 28.6 Å². The molecule has 0 amide bonds. The fourth-order valence-corrected chi connectivity index (χ4v) is 1.97. The number of rotatable bonds is 5. The monoisotopic (exact) mass is 285 g/mol. The van der Waals surface area contributed by atoms with Crippen molar-refractivity contribution in [3.8, 4) is 17.1 Å². The fourth-order valence-electron chi connectivity index (χ4n) is 1.97. The Balaban J connectivity index is 2.34. The van der Waals surface area contributed by atoms with Crippen LogP contribution in [0.3, 0.4) is 0 Å². The Bertz CT molecular complexity index is 591. The molecule has 0 fully saturated rings. The van der Waals surface area contributed by atoms with Gasteiger partial charge in [-0.3, -0.25) is 0 Å². The first-order valence-corrected chi connectivity index (χ1v) is 7.33. The molecule has 0 saturated carbocycles. The van der Waals surface area contributed by atoms with Crippen LogP contribution in [0.1, 0.15) is 39.3 Å². The third-order valence-corrected chi connectivity index (χ3v) is 3.08. The highest BCUT2D eigenvalue weighted by atomic mass is 16.5. The predicted molar refractivity (Wildman–Crippen MR) is 86.9 cm³/mol. The SMILES string of the molecule is CNc1cc(C(C)C)nc(-c2ccc(OC(C)C)cc2)n1. The topological polar surface area (TPSA) is 47.0 Å². The molecule has 4 heteroatoms. The smallest absolute Gasteiger partial charge is 0.161 e. The second-order valence-corrected chi connectivity index (χ2v) is 5.60. The zero-order valence-electron chi connectivity index (χ0n) is 13.3. The van der Waals surface area contributed by atoms with Gasteiger partial charge >= 0.3 is 0 Å². The van der Waals surface area contributed by atoms with Crippen LogP contribution < -0.4 is 10.1 Å². The molecule has 1 aromatic carbocycles. The Labute approximate surface area is 126 Å². The highest BCUT2D eigenvalue weighted by Gasteiger charge is 2.09. The minimum atomic E-state index is 0.173. The summed E-state index contributed by atoms with van der Waals surface area (Å²) in [5.74, 6) is 2.80. The maximum Gasteiger partial charge on any atom is 0.161 e. The van der Waals surface area contributed by atoms with Crippen molar-refractivity contribution in [3.05, 3.63) is 36.0 Å². The van der Waals surface area contributed by atoms with Crippen LogP contribution in [0.5, 0.6) is 5.75 Å². The molecule has 112 valence electrons. The number of ether oxygens (including phenoxy) is 1. The Morgan fingerprint density at radius 2 is 1.67 bits per heavy atom. The third-order valence-electron chi connectivity index (χ3n) is 3.08. The second kappa shape index (κ2) is 6.57. The molecule has 2 aromatic rings. The lowest BCUT2D eigenvalue weighted by Gasteiger charge is -2.12. The molecular weight excluding hydrogens is 262 g/mol. The number of hydrogen-bond acceptors (Lipinski definition) is 4. The zero-order valence-corrected chi connectivity index (χ0v) is 13.3. The molecule has 0 aliphatic heterocycles. The van der Waals surface area contributed by atoms with Crippen LogP contribution in [0.15, 0.2) is 30.3 Å². The molecule has 0 aliphatic carbocycles. The van der Waals surface area contributed by atoms with Crippen molar-refractivity contribution >= 4 is 5.82 Å². The largest absolute Gasteiger partial charge is 0.491 e. The molecule has 4 nitrogen and oxygen atoms in total. The van der Waals surface area contributed by atoms with Crippen molar-refractivity contribution in [3.63, 3.8) is 0 Å². The van der Waals surface area contributed by atoms with E-state index < -0.39 is 0 Å². The first-order valence-electron chi connectivity index (χ1n) is 7.33. The quantitative estimate of drug-likeness (QED) is 0.898. The van der Waals surface area contributed by atoms with Crippen LogP contribution in [0.2, 0.25) is 0 Å². The van der Waals surface area contributed by atoms with Crippen LogP contribution in [0.25, 0.3) is 11.4 Å². The molecule has 0 radical (unpaired) electrons. The molecule has 0 atom stereocenters. The third kappa shape index (κ3) is 3.94. The van der Waals surface area contributed by atoms with Crippen molar-refractivity contribution in [1.82, 2.24) is 9.97 Å². The summed E-state index contributed by atoms with van der Waals surface area (Å²) in [6.45, 7) is 8.29. The average molecular weight is 285 g/mol. The van der Waals surface area contributed by atoms with Crippen molar-refractivity contribution in [1.29, 1.82) is 0 Å². The summed E-state index contributed by atoms with van der Waals surface area (Å²) in [5.41, 5.74) is 2.02. The van der Waals surface area contributed by atoms with Crippen molar-refractivity contribution < 1.29 is 4.74 Å². The van der Waals surface area contributed by atoms with Gasteiger partial charge in [0, 0.05) is 24.4 Å². The van der Waals surface area contributed by atoms with Gasteiger partial charge in [0.2, 0.25) is 0 Å². The normalized spacial score (nSPS) is 11.0. The molecule has 0 aliphatic rings. The summed E-state index contributed by atoms with van der Waals surface area (Å²) in [6.07, 6.45) is 0.173. The van der Waals surface area contributed by atoms with Gasteiger partial charge in [0.15, 0.2) is 5.82 Å². The summed E-state index contributed by atoms with van der Waals surface area (Å²) in [5, 5.41) is 3.09. The van der Waals surface area contributed by atoms with Gasteiger partial charge in [0.05, 0.1) is 6.10 Å². The Morgan fingerprint density at radius 1 is 1.00 bits per heavy atom. The van der Waals surface area contributed by atoms with Gasteiger partial charge in [-0.25, -0.2) is 9.97 Å². The van der Waals surface area contributed by atoms with Gasteiger partial charge in [0.1, 0.15) is 11.6 Å². The van der Waals surface area contributed by atoms with E-state index in [-0.39, 0.29) is 6.10 Å². The van der Waals surface area contributed by atoms with Crippen molar-refractivity contribution in [2.45, 2.75) is 39.7 Å². The lowest BCUT2D eigenvalue weighted by atomic mass is 10.1. The van der Waals surface area contributed by atoms with E-state index in [2.05, 4.69) is 29.1 Å². The van der Waals surface area contributed by atoms with E-state index in [1.807, 2.05) is 51.2 Å². The van der Waals surface area contributed by atoms with Gasteiger partial charge in [-0.2, -0.15) is 0 Å². The molecule has 0 unspecified atom stereocenters. The maximum absolute atomic E-state index is 5.66. The molecule has 0 saturated heterocycles. The van der Waals surface area contributed by atoms with Crippen LogP contribution in [0, 0.1) is 0 Å². The van der Waals surface area contributed by atoms with Gasteiger partial charge in [-0.1, -0.05) is 13.8 Å². The van der Waals surface area contributed by atoms with E-state index in [1.165, 1.54) is 0 Å². The van der Waals surface area contributed by atoms with E-state index in [0.29, 0.717) is 5.92 Å². The first-order chi connectivity index (χ1) is 9.99. The van der Waals surface area contributed by atoms with Crippen LogP contribution in [-0.2, 0) is 0 Å². The first kappa shape index (κ1) is 15.3. The van der Waals surface area contributed by atoms with Gasteiger partial charge < -0.3 is 10.1 Å². The Hall–Kier alpha value is -2.10. The molecular formula is C17H23N3O. The van der Waals surface area contributed by atoms with E-state index >= 15 is 0 Å². The van der Waals surface area contributed by atoms with Gasteiger partial charge in [0.25, 0.3) is 0 Å². The van der Waals surface area contributed by atoms with E-state index in [9.17, 15) is 0 Å². The number of hydrogen-bond donors (Lipinski definition) is 1. The number of anilines is 1. The molecule has 21 heavy (non-hydrogen) atoms. The number of benzene rings is 1. The summed E-state index contributed by atoms with van der Waals surface area (Å²) in [7, 11) is 1.87. The molecule has 1 aromatic heterocycles. The summed E-state index contributed by atoms with van der Waals surface area (Å²) in [4.78, 5) is 9.18. The zero-order chi connectivity index (χ0) is 15.4. The number of nitrogens with one attached hydrogen (secondary N) is 1. The summed E-state index contributed by atoms with van der Waals surface area (Å²) in [6, 6.07) is 9.90. The highest BCUT2D eigenvalue weighted by Crippen LogP contribution is 2.24. The van der Waals surface area contributed by atoms with Gasteiger partial charge in [-0.05, 0) is 44.0 Å². The van der Waals surface area contributed by atoms with E-state index in [1.54, 1.807) is 0 Å². The number of aromatic nitrogens is 2. The van der Waals surface area contributed by atoms with E-state index in [4.69, 9.17) is 4.74 Å². The maximum atomic E-state index is 5.66. The Kier molecular flexibility index (Phi) is 4.78. The van der Waals surface area contributed by atoms with Crippen LogP contribution in [0.4, 0.5) is 5.82 Å². The fraction of sp³-hybridized carbons (Fsp3) is 0.412. The molecule has 1 heterocycles. The molecule has 2 rings (SSSR count). The molecule has 1 N–H and O–H groups in total. The average Bonchev–Trinajstić information content (AvgIpc) is 2.46. The van der Waals surface area contributed by atoms with Gasteiger partial charge in [-0.15, -0.1) is 0 Å². The molecule has 0 bridgehead atoms. The highest BCUT2D eigenvalue weighted by molar-refractivity contribution is 5.58. The number of nitrogens with zero attached hydrogens (tertiary/aromatic N) is 2. The standard InChI is InChI=1S/C17H23N3O/c1-11(2)15-10-16(18-5)20-17(19-15)13-6-8-14(9-7-13)21-12(3)4/h6-12H,1-5H3,(H,18,19,20). The summed E-state index contributed by atoms with van der Waals surface area (Å²) < 4.78 is 5.66. The van der Waals surface area contributed by atoms with Crippen LogP contribution in [-0.4, -0.2) is 23.1 Å². The lowest BCUT2D eigenvalue weighted by molar-refractivity contribution is 0.242. The summed E-state index contributed by atoms with van der Waals surface area (Å²) >= 11 is 0. The second-order valence-electron chi connectivity index (χ2n) is 5.60. The van der Waals surface area contributed by atoms with Crippen molar-refractivity contribution in [2.24, 2.45) is 0 Å².